The molecule has 1 aliphatic carbocycles. The number of alkyl halides is 2. The molecule has 0 radical (unpaired) electrons. The lowest BCUT2D eigenvalue weighted by atomic mass is 9.83. The fraction of sp³-hybridized carbons (Fsp3) is 0.850. The molecule has 1 saturated carbocycles. The highest BCUT2D eigenvalue weighted by Gasteiger charge is 2.70. The van der Waals surface area contributed by atoms with Gasteiger partial charge in [-0.2, -0.15) is 8.78 Å². The average Bonchev–Trinajstić information content (AvgIpc) is 2.73. The second-order valence-corrected chi connectivity index (χ2v) is 8.80. The van der Waals surface area contributed by atoms with Crippen LogP contribution in [0.15, 0.2) is 12.2 Å². The molecule has 156 valence electrons. The summed E-state index contributed by atoms with van der Waals surface area (Å²) in [5.41, 5.74) is -2.41. The lowest BCUT2D eigenvalue weighted by Gasteiger charge is -2.43. The highest BCUT2D eigenvalue weighted by atomic mass is 19.3. The van der Waals surface area contributed by atoms with Crippen molar-refractivity contribution in [1.82, 2.24) is 0 Å². The van der Waals surface area contributed by atoms with Crippen molar-refractivity contribution in [1.29, 1.82) is 0 Å². The SMILES string of the molecule is C=C(C)C(=O)OC1CCCC(C(C)(C)OC2(C)COC(C)(O)C2(F)F)CC1. The van der Waals surface area contributed by atoms with Crippen LogP contribution in [-0.4, -0.2) is 46.7 Å². The number of ether oxygens (including phenoxy) is 3. The summed E-state index contributed by atoms with van der Waals surface area (Å²) in [4.78, 5) is 11.7. The number of hydrogen-bond acceptors (Lipinski definition) is 5. The standard InChI is InChI=1S/C20H32F2O5/c1-13(2)16(23)26-15-9-7-8-14(10-11-15)17(3,4)27-18(5)12-25-19(6,24)20(18,21)22/h14-15,24H,1,7-12H2,2-6H3. The van der Waals surface area contributed by atoms with Gasteiger partial charge in [-0.05, 0) is 72.6 Å². The van der Waals surface area contributed by atoms with Crippen molar-refractivity contribution in [2.75, 3.05) is 6.61 Å². The molecule has 1 N–H and O–H groups in total. The molecule has 0 aromatic rings. The second-order valence-electron chi connectivity index (χ2n) is 8.80. The fourth-order valence-electron chi connectivity index (χ4n) is 4.04. The zero-order chi connectivity index (χ0) is 20.7. The summed E-state index contributed by atoms with van der Waals surface area (Å²) in [6, 6.07) is 0. The Hall–Kier alpha value is -1.05. The van der Waals surface area contributed by atoms with E-state index in [4.69, 9.17) is 14.2 Å². The van der Waals surface area contributed by atoms with Gasteiger partial charge in [0.2, 0.25) is 5.79 Å². The van der Waals surface area contributed by atoms with Crippen LogP contribution in [0.25, 0.3) is 0 Å². The minimum atomic E-state index is -3.54. The lowest BCUT2D eigenvalue weighted by Crippen LogP contribution is -2.58. The van der Waals surface area contributed by atoms with E-state index in [0.29, 0.717) is 18.4 Å². The molecule has 0 spiro atoms. The molecule has 0 aromatic heterocycles. The van der Waals surface area contributed by atoms with E-state index in [1.165, 1.54) is 6.92 Å². The Morgan fingerprint density at radius 1 is 1.22 bits per heavy atom. The highest BCUT2D eigenvalue weighted by Crippen LogP contribution is 2.50. The molecule has 0 bridgehead atoms. The Balaban J connectivity index is 2.05. The number of aliphatic hydroxyl groups is 1. The quantitative estimate of drug-likeness (QED) is 0.437. The fourth-order valence-corrected chi connectivity index (χ4v) is 4.04. The van der Waals surface area contributed by atoms with Crippen molar-refractivity contribution >= 4 is 5.97 Å². The molecular formula is C20H32F2O5. The van der Waals surface area contributed by atoms with Crippen LogP contribution in [0.2, 0.25) is 0 Å². The van der Waals surface area contributed by atoms with Gasteiger partial charge in [-0.1, -0.05) is 6.58 Å². The first-order chi connectivity index (χ1) is 12.2. The second kappa shape index (κ2) is 7.41. The van der Waals surface area contributed by atoms with Crippen molar-refractivity contribution in [2.24, 2.45) is 5.92 Å². The number of esters is 1. The van der Waals surface area contributed by atoms with Gasteiger partial charge in [0.25, 0.3) is 0 Å². The molecule has 5 nitrogen and oxygen atoms in total. The molecule has 1 saturated heterocycles. The normalized spacial score (nSPS) is 36.9. The first-order valence-electron chi connectivity index (χ1n) is 9.53. The van der Waals surface area contributed by atoms with E-state index in [2.05, 4.69) is 6.58 Å². The van der Waals surface area contributed by atoms with Gasteiger partial charge in [0.15, 0.2) is 5.60 Å². The molecule has 1 heterocycles. The largest absolute Gasteiger partial charge is 0.459 e. The van der Waals surface area contributed by atoms with Crippen LogP contribution in [0.3, 0.4) is 0 Å². The molecule has 27 heavy (non-hydrogen) atoms. The Morgan fingerprint density at radius 2 is 1.85 bits per heavy atom. The first kappa shape index (κ1) is 22.2. The van der Waals surface area contributed by atoms with Gasteiger partial charge in [-0.15, -0.1) is 0 Å². The minimum absolute atomic E-state index is 0.0178. The Kier molecular flexibility index (Phi) is 6.10. The lowest BCUT2D eigenvalue weighted by molar-refractivity contribution is -0.301. The minimum Gasteiger partial charge on any atom is -0.459 e. The Bertz CT molecular complexity index is 587. The van der Waals surface area contributed by atoms with Crippen LogP contribution in [0.5, 0.6) is 0 Å². The summed E-state index contributed by atoms with van der Waals surface area (Å²) in [6.07, 6.45) is 3.48. The van der Waals surface area contributed by atoms with E-state index in [9.17, 15) is 18.7 Å². The van der Waals surface area contributed by atoms with Crippen LogP contribution >= 0.6 is 0 Å². The monoisotopic (exact) mass is 390 g/mol. The summed E-state index contributed by atoms with van der Waals surface area (Å²) < 4.78 is 45.6. The van der Waals surface area contributed by atoms with Crippen molar-refractivity contribution in [3.8, 4) is 0 Å². The summed E-state index contributed by atoms with van der Waals surface area (Å²) in [7, 11) is 0. The number of hydrogen-bond donors (Lipinski definition) is 1. The predicted octanol–water partition coefficient (Wildman–Crippen LogP) is 3.98. The number of rotatable bonds is 5. The van der Waals surface area contributed by atoms with Crippen LogP contribution in [-0.2, 0) is 19.0 Å². The molecular weight excluding hydrogens is 358 g/mol. The molecule has 2 rings (SSSR count). The summed E-state index contributed by atoms with van der Waals surface area (Å²) in [5.74, 6) is -6.47. The summed E-state index contributed by atoms with van der Waals surface area (Å²) in [5, 5.41) is 9.87. The molecule has 7 heteroatoms. The van der Waals surface area contributed by atoms with Crippen molar-refractivity contribution in [3.63, 3.8) is 0 Å². The highest BCUT2D eigenvalue weighted by molar-refractivity contribution is 5.87. The van der Waals surface area contributed by atoms with Crippen molar-refractivity contribution in [2.45, 2.75) is 95.7 Å². The predicted molar refractivity (Wildman–Crippen MR) is 96.4 cm³/mol. The van der Waals surface area contributed by atoms with E-state index < -0.39 is 28.9 Å². The molecule has 2 fully saturated rings. The van der Waals surface area contributed by atoms with E-state index in [0.717, 1.165) is 26.2 Å². The van der Waals surface area contributed by atoms with Crippen LogP contribution in [0.4, 0.5) is 8.78 Å². The van der Waals surface area contributed by atoms with Gasteiger partial charge in [-0.3, -0.25) is 0 Å². The smallest absolute Gasteiger partial charge is 0.333 e. The first-order valence-corrected chi connectivity index (χ1v) is 9.53. The van der Waals surface area contributed by atoms with E-state index >= 15 is 0 Å². The van der Waals surface area contributed by atoms with Gasteiger partial charge in [0, 0.05) is 5.57 Å². The molecule has 4 unspecified atom stereocenters. The number of carbonyl (C=O) groups excluding carboxylic acids is 1. The van der Waals surface area contributed by atoms with Crippen LogP contribution < -0.4 is 0 Å². The topological polar surface area (TPSA) is 65.0 Å². The maximum Gasteiger partial charge on any atom is 0.333 e. The molecule has 0 amide bonds. The van der Waals surface area contributed by atoms with Gasteiger partial charge < -0.3 is 19.3 Å². The molecule has 1 aliphatic heterocycles. The van der Waals surface area contributed by atoms with Gasteiger partial charge in [-0.25, -0.2) is 4.79 Å². The van der Waals surface area contributed by atoms with E-state index in [-0.39, 0.29) is 18.6 Å². The van der Waals surface area contributed by atoms with Crippen LogP contribution in [0, 0.1) is 5.92 Å². The third kappa shape index (κ3) is 4.35. The van der Waals surface area contributed by atoms with Gasteiger partial charge in [0.1, 0.15) is 6.10 Å². The Morgan fingerprint density at radius 3 is 2.37 bits per heavy atom. The van der Waals surface area contributed by atoms with Crippen molar-refractivity contribution in [3.05, 3.63) is 12.2 Å². The third-order valence-corrected chi connectivity index (χ3v) is 5.88. The van der Waals surface area contributed by atoms with Crippen LogP contribution in [0.1, 0.15) is 66.7 Å². The third-order valence-electron chi connectivity index (χ3n) is 5.88. The summed E-state index contributed by atoms with van der Waals surface area (Å²) >= 11 is 0. The zero-order valence-electron chi connectivity index (χ0n) is 16.9. The average molecular weight is 390 g/mol. The van der Waals surface area contributed by atoms with Gasteiger partial charge in [0.05, 0.1) is 12.2 Å². The number of carbonyl (C=O) groups is 1. The summed E-state index contributed by atoms with van der Waals surface area (Å²) in [6.45, 7) is 10.7. The van der Waals surface area contributed by atoms with Crippen molar-refractivity contribution < 1.29 is 32.9 Å². The van der Waals surface area contributed by atoms with E-state index in [1.54, 1.807) is 20.8 Å². The maximum atomic E-state index is 14.7. The number of halogens is 2. The Labute approximate surface area is 160 Å². The molecule has 0 aromatic carbocycles. The van der Waals surface area contributed by atoms with E-state index in [1.807, 2.05) is 0 Å². The molecule has 2 aliphatic rings. The molecule has 4 atom stereocenters. The maximum absolute atomic E-state index is 14.7. The zero-order valence-corrected chi connectivity index (χ0v) is 16.9. The van der Waals surface area contributed by atoms with Gasteiger partial charge >= 0.3 is 11.9 Å².